The van der Waals surface area contributed by atoms with Crippen LogP contribution in [0.5, 0.6) is 11.5 Å². The highest BCUT2D eigenvalue weighted by atomic mass is 16.6. The summed E-state index contributed by atoms with van der Waals surface area (Å²) in [4.78, 5) is 36.8. The van der Waals surface area contributed by atoms with Gasteiger partial charge in [-0.15, -0.1) is 0 Å². The maximum Gasteiger partial charge on any atom is 0.321 e. The minimum absolute atomic E-state index is 0.0298. The van der Waals surface area contributed by atoms with Crippen molar-refractivity contribution in [1.82, 2.24) is 14.9 Å². The normalized spacial score (nSPS) is 13.3. The average molecular weight is 515 g/mol. The van der Waals surface area contributed by atoms with E-state index >= 15 is 0 Å². The van der Waals surface area contributed by atoms with Gasteiger partial charge in [0.05, 0.1) is 24.7 Å². The maximum absolute atomic E-state index is 12.8. The minimum atomic E-state index is -0.476. The Hall–Kier alpha value is -4.93. The predicted octanol–water partition coefficient (Wildman–Crippen LogP) is 4.58. The fraction of sp³-hybridized carbons (Fsp3) is 0.222. The van der Waals surface area contributed by atoms with Crippen LogP contribution in [0.2, 0.25) is 0 Å². The monoisotopic (exact) mass is 514 g/mol. The summed E-state index contributed by atoms with van der Waals surface area (Å²) in [5.41, 5.74) is 2.09. The lowest BCUT2D eigenvalue weighted by Crippen LogP contribution is -2.50. The number of carbonyl (C=O) groups is 1. The zero-order valence-corrected chi connectivity index (χ0v) is 21.0. The molecule has 1 aromatic heterocycles. The molecule has 194 valence electrons. The fourth-order valence-electron chi connectivity index (χ4n) is 4.39. The van der Waals surface area contributed by atoms with E-state index in [-0.39, 0.29) is 11.7 Å². The lowest BCUT2D eigenvalue weighted by molar-refractivity contribution is -0.384. The highest BCUT2D eigenvalue weighted by Crippen LogP contribution is 2.36. The van der Waals surface area contributed by atoms with Crippen LogP contribution in [0.25, 0.3) is 22.3 Å². The summed E-state index contributed by atoms with van der Waals surface area (Å²) in [6.07, 6.45) is 0. The van der Waals surface area contributed by atoms with Gasteiger partial charge in [0.1, 0.15) is 5.82 Å². The lowest BCUT2D eigenvalue weighted by atomic mass is 10.1. The molecule has 3 aromatic carbocycles. The average Bonchev–Trinajstić information content (AvgIpc) is 2.96. The highest BCUT2D eigenvalue weighted by molar-refractivity contribution is 5.94. The molecule has 1 aliphatic rings. The number of nitro groups is 1. The number of fused-ring (bicyclic) bond motifs is 1. The molecule has 0 saturated carbocycles. The molecule has 2 amide bonds. The van der Waals surface area contributed by atoms with E-state index in [2.05, 4.69) is 10.2 Å². The smallest absolute Gasteiger partial charge is 0.321 e. The van der Waals surface area contributed by atoms with Gasteiger partial charge in [0.15, 0.2) is 17.3 Å². The predicted molar refractivity (Wildman–Crippen MR) is 144 cm³/mol. The number of non-ortho nitro benzene ring substituents is 1. The van der Waals surface area contributed by atoms with Gasteiger partial charge < -0.3 is 24.6 Å². The largest absolute Gasteiger partial charge is 0.493 e. The number of aromatic nitrogens is 2. The number of nitrogens with zero attached hydrogens (tertiary/aromatic N) is 5. The maximum atomic E-state index is 12.8. The van der Waals surface area contributed by atoms with Gasteiger partial charge in [-0.1, -0.05) is 30.3 Å². The van der Waals surface area contributed by atoms with E-state index in [0.29, 0.717) is 49.2 Å². The molecular formula is C27H26N6O5. The summed E-state index contributed by atoms with van der Waals surface area (Å²) >= 11 is 0. The second-order valence-corrected chi connectivity index (χ2v) is 8.67. The second-order valence-electron chi connectivity index (χ2n) is 8.67. The highest BCUT2D eigenvalue weighted by Gasteiger charge is 2.25. The Bertz CT molecular complexity index is 1470. The molecule has 2 heterocycles. The van der Waals surface area contributed by atoms with E-state index in [1.54, 1.807) is 19.1 Å². The number of amides is 2. The number of benzene rings is 3. The summed E-state index contributed by atoms with van der Waals surface area (Å²) in [6.45, 7) is 2.06. The van der Waals surface area contributed by atoms with Crippen LogP contribution in [0.1, 0.15) is 0 Å². The van der Waals surface area contributed by atoms with E-state index in [4.69, 9.17) is 19.4 Å². The van der Waals surface area contributed by atoms with Crippen LogP contribution in [-0.2, 0) is 0 Å². The molecule has 0 spiro atoms. The fourth-order valence-corrected chi connectivity index (χ4v) is 4.39. The Labute approximate surface area is 218 Å². The SMILES string of the molecule is COc1cc2nc(-c3ccccc3)nc(N3CCN(C(=O)Nc4ccc([N+](=O)[O-])cc4)CC3)c2cc1OC. The van der Waals surface area contributed by atoms with Gasteiger partial charge >= 0.3 is 6.03 Å². The van der Waals surface area contributed by atoms with Gasteiger partial charge in [0.2, 0.25) is 0 Å². The molecule has 0 aliphatic carbocycles. The number of nitro benzene ring substituents is 1. The van der Waals surface area contributed by atoms with Crippen molar-refractivity contribution in [2.45, 2.75) is 0 Å². The first-order chi connectivity index (χ1) is 18.5. The van der Waals surface area contributed by atoms with E-state index in [0.717, 1.165) is 22.3 Å². The number of ether oxygens (including phenoxy) is 2. The Balaban J connectivity index is 1.39. The molecule has 1 saturated heterocycles. The molecule has 0 bridgehead atoms. The topological polar surface area (TPSA) is 123 Å². The number of piperazine rings is 1. The summed E-state index contributed by atoms with van der Waals surface area (Å²) in [6, 6.07) is 19.0. The lowest BCUT2D eigenvalue weighted by Gasteiger charge is -2.36. The zero-order valence-electron chi connectivity index (χ0n) is 21.0. The van der Waals surface area contributed by atoms with Crippen molar-refractivity contribution >= 4 is 34.1 Å². The number of hydrogen-bond acceptors (Lipinski definition) is 8. The Kier molecular flexibility index (Phi) is 6.90. The third-order valence-corrected chi connectivity index (χ3v) is 6.41. The van der Waals surface area contributed by atoms with E-state index in [1.807, 2.05) is 42.5 Å². The third kappa shape index (κ3) is 4.99. The molecule has 38 heavy (non-hydrogen) atoms. The first kappa shape index (κ1) is 24.8. The van der Waals surface area contributed by atoms with E-state index in [1.165, 1.54) is 24.3 Å². The van der Waals surface area contributed by atoms with Crippen LogP contribution in [0.3, 0.4) is 0 Å². The van der Waals surface area contributed by atoms with Crippen molar-refractivity contribution in [2.24, 2.45) is 0 Å². The number of anilines is 2. The van der Waals surface area contributed by atoms with Crippen molar-refractivity contribution in [3.8, 4) is 22.9 Å². The minimum Gasteiger partial charge on any atom is -0.493 e. The van der Waals surface area contributed by atoms with Gasteiger partial charge in [-0.3, -0.25) is 10.1 Å². The van der Waals surface area contributed by atoms with Crippen LogP contribution >= 0.6 is 0 Å². The Morgan fingerprint density at radius 1 is 0.921 bits per heavy atom. The Morgan fingerprint density at radius 3 is 2.21 bits per heavy atom. The molecule has 0 unspecified atom stereocenters. The molecule has 5 rings (SSSR count). The van der Waals surface area contributed by atoms with Crippen molar-refractivity contribution in [3.63, 3.8) is 0 Å². The molecule has 0 atom stereocenters. The van der Waals surface area contributed by atoms with Crippen LogP contribution in [0.15, 0.2) is 66.7 Å². The summed E-state index contributed by atoms with van der Waals surface area (Å²) < 4.78 is 11.0. The molecule has 1 fully saturated rings. The number of carbonyl (C=O) groups excluding carboxylic acids is 1. The van der Waals surface area contributed by atoms with Gasteiger partial charge in [0.25, 0.3) is 5.69 Å². The molecule has 11 heteroatoms. The summed E-state index contributed by atoms with van der Waals surface area (Å²) in [5, 5.41) is 14.5. The molecule has 1 N–H and O–H groups in total. The number of urea groups is 1. The number of rotatable bonds is 6. The van der Waals surface area contributed by atoms with Gasteiger partial charge in [-0.25, -0.2) is 14.8 Å². The van der Waals surface area contributed by atoms with Crippen molar-refractivity contribution < 1.29 is 19.2 Å². The molecule has 0 radical (unpaired) electrons. The quantitative estimate of drug-likeness (QED) is 0.293. The third-order valence-electron chi connectivity index (χ3n) is 6.41. The van der Waals surface area contributed by atoms with Crippen LogP contribution in [0, 0.1) is 10.1 Å². The first-order valence-corrected chi connectivity index (χ1v) is 12.0. The summed E-state index contributed by atoms with van der Waals surface area (Å²) in [7, 11) is 3.18. The van der Waals surface area contributed by atoms with E-state index in [9.17, 15) is 14.9 Å². The van der Waals surface area contributed by atoms with Gasteiger partial charge in [0, 0.05) is 61.0 Å². The molecule has 1 aliphatic heterocycles. The molecular weight excluding hydrogens is 488 g/mol. The van der Waals surface area contributed by atoms with E-state index < -0.39 is 4.92 Å². The Morgan fingerprint density at radius 2 is 1.58 bits per heavy atom. The first-order valence-electron chi connectivity index (χ1n) is 12.0. The summed E-state index contributed by atoms with van der Waals surface area (Å²) in [5.74, 6) is 2.51. The number of methoxy groups -OCH3 is 2. The van der Waals surface area contributed by atoms with Crippen molar-refractivity contribution in [3.05, 3.63) is 76.8 Å². The van der Waals surface area contributed by atoms with Crippen LogP contribution in [-0.4, -0.2) is 66.2 Å². The number of hydrogen-bond donors (Lipinski definition) is 1. The van der Waals surface area contributed by atoms with Crippen LogP contribution in [0.4, 0.5) is 22.0 Å². The van der Waals surface area contributed by atoms with Crippen molar-refractivity contribution in [2.75, 3.05) is 50.6 Å². The van der Waals surface area contributed by atoms with Crippen LogP contribution < -0.4 is 19.7 Å². The molecule has 4 aromatic rings. The zero-order chi connectivity index (χ0) is 26.6. The number of nitrogens with one attached hydrogen (secondary N) is 1. The van der Waals surface area contributed by atoms with Gasteiger partial charge in [-0.2, -0.15) is 0 Å². The van der Waals surface area contributed by atoms with Crippen molar-refractivity contribution in [1.29, 1.82) is 0 Å². The molecule has 11 nitrogen and oxygen atoms in total. The standard InChI is InChI=1S/C27H26N6O5/c1-37-23-16-21-22(17-24(23)38-2)29-25(18-6-4-3-5-7-18)30-26(21)31-12-14-32(15-13-31)27(34)28-19-8-10-20(11-9-19)33(35)36/h3-11,16-17H,12-15H2,1-2H3,(H,28,34). The van der Waals surface area contributed by atoms with Gasteiger partial charge in [-0.05, 0) is 18.2 Å². The second kappa shape index (κ2) is 10.6.